The van der Waals surface area contributed by atoms with E-state index < -0.39 is 53.3 Å². The summed E-state index contributed by atoms with van der Waals surface area (Å²) in [6, 6.07) is -0.974. The van der Waals surface area contributed by atoms with Crippen LogP contribution in [0.1, 0.15) is 12.1 Å². The summed E-state index contributed by atoms with van der Waals surface area (Å²) in [6.45, 7) is -0.182. The maximum Gasteiger partial charge on any atom is 0.276 e. The zero-order valence-electron chi connectivity index (χ0n) is 18.8. The number of nitrogens with zero attached hydrogens (tertiary/aromatic N) is 3. The van der Waals surface area contributed by atoms with Crippen molar-refractivity contribution in [2.75, 3.05) is 36.5 Å². The Bertz CT molecular complexity index is 1350. The number of thioether (sulfide) groups is 1. The molecule has 4 N–H and O–H groups in total. The predicted octanol–water partition coefficient (Wildman–Crippen LogP) is -1.50. The lowest BCUT2D eigenvalue weighted by atomic mass is 10.0. The van der Waals surface area contributed by atoms with Crippen LogP contribution in [-0.2, 0) is 39.1 Å². The molecule has 2 atom stereocenters. The maximum absolute atomic E-state index is 12.9. The van der Waals surface area contributed by atoms with E-state index in [0.717, 1.165) is 17.6 Å². The fraction of sp³-hybridized carbons (Fsp3) is 0.471. The number of carbonyl (C=O) groups excluding carboxylic acids is 3. The molecule has 0 aromatic carbocycles. The molecule has 1 unspecified atom stereocenters. The molecule has 0 radical (unpaired) electrons. The number of hydrogen-bond donors (Lipinski definition) is 4. The van der Waals surface area contributed by atoms with E-state index in [4.69, 9.17) is 10.6 Å². The Labute approximate surface area is 220 Å². The lowest BCUT2D eigenvalue weighted by Gasteiger charge is -2.49. The quantitative estimate of drug-likeness (QED) is 0.0997. The smallest absolute Gasteiger partial charge is 0.276 e. The minimum absolute atomic E-state index is 0.00190. The van der Waals surface area contributed by atoms with E-state index >= 15 is 0 Å². The molecule has 0 spiro atoms. The topological polar surface area (TPSA) is 207 Å². The first-order chi connectivity index (χ1) is 16.7. The van der Waals surface area contributed by atoms with E-state index in [9.17, 15) is 31.2 Å². The van der Waals surface area contributed by atoms with Gasteiger partial charge in [0.1, 0.15) is 24.2 Å². The minimum atomic E-state index is -4.09. The first-order valence-corrected chi connectivity index (χ1v) is 16.0. The number of amides is 2. The number of sulfonamides is 1. The molecule has 14 nitrogen and oxygen atoms in total. The summed E-state index contributed by atoms with van der Waals surface area (Å²) in [5.74, 6) is -1.05. The summed E-state index contributed by atoms with van der Waals surface area (Å²) in [5, 5.41) is 5.58. The van der Waals surface area contributed by atoms with Gasteiger partial charge < -0.3 is 15.9 Å². The monoisotopic (exact) mass is 598 g/mol. The molecule has 1 fully saturated rings. The van der Waals surface area contributed by atoms with Gasteiger partial charge in [-0.1, -0.05) is 17.8 Å². The Kier molecular flexibility index (Phi) is 8.71. The number of oxime groups is 1. The van der Waals surface area contributed by atoms with Crippen LogP contribution in [0.25, 0.3) is 0 Å². The maximum atomic E-state index is 12.9. The minimum Gasteiger partial charge on any atom is -0.398 e. The molecule has 0 saturated carbocycles. The van der Waals surface area contributed by atoms with Crippen LogP contribution in [0.5, 0.6) is 0 Å². The Morgan fingerprint density at radius 2 is 2.06 bits per heavy atom. The van der Waals surface area contributed by atoms with Crippen molar-refractivity contribution in [3.8, 4) is 0 Å². The first kappa shape index (κ1) is 28.4. The number of β-lactam (4-membered cyclic amide) rings is 1. The summed E-state index contributed by atoms with van der Waals surface area (Å²) in [7, 11) is -6.61. The van der Waals surface area contributed by atoms with Gasteiger partial charge in [0.05, 0.1) is 5.70 Å². The van der Waals surface area contributed by atoms with Crippen molar-refractivity contribution >= 4 is 83.4 Å². The SMILES string of the molecule is CO/N=C(\C(=O)NC1C(=O)N2C(C(=O)S)=C(CCNS(=O)(=O)CS(C)(=O)=O)CS[C@H]12)c1csc(N)n1. The molecular formula is C17H22N6O8S5. The van der Waals surface area contributed by atoms with Gasteiger partial charge in [0.15, 0.2) is 25.8 Å². The van der Waals surface area contributed by atoms with Crippen LogP contribution >= 0.6 is 35.7 Å². The highest BCUT2D eigenvalue weighted by molar-refractivity contribution is 8.06. The van der Waals surface area contributed by atoms with Crippen LogP contribution in [0.2, 0.25) is 0 Å². The van der Waals surface area contributed by atoms with Crippen LogP contribution in [0, 0.1) is 0 Å². The number of nitrogens with two attached hydrogens (primary N) is 1. The van der Waals surface area contributed by atoms with Crippen LogP contribution in [0.3, 0.4) is 0 Å². The van der Waals surface area contributed by atoms with Crippen molar-refractivity contribution in [2.24, 2.45) is 5.16 Å². The molecule has 1 saturated heterocycles. The molecule has 0 aliphatic carbocycles. The van der Waals surface area contributed by atoms with Gasteiger partial charge in [0.25, 0.3) is 11.8 Å². The van der Waals surface area contributed by atoms with Gasteiger partial charge >= 0.3 is 0 Å². The van der Waals surface area contributed by atoms with Crippen molar-refractivity contribution < 1.29 is 36.1 Å². The summed E-state index contributed by atoms with van der Waals surface area (Å²) in [6.07, 6.45) is 0.840. The molecule has 1 aromatic heterocycles. The summed E-state index contributed by atoms with van der Waals surface area (Å²) in [4.78, 5) is 47.8. The lowest BCUT2D eigenvalue weighted by Crippen LogP contribution is -2.70. The van der Waals surface area contributed by atoms with Gasteiger partial charge in [0.2, 0.25) is 15.1 Å². The lowest BCUT2D eigenvalue weighted by molar-refractivity contribution is -0.146. The van der Waals surface area contributed by atoms with Crippen molar-refractivity contribution in [3.63, 3.8) is 0 Å². The molecule has 36 heavy (non-hydrogen) atoms. The third-order valence-electron chi connectivity index (χ3n) is 4.82. The number of aromatic nitrogens is 1. The van der Waals surface area contributed by atoms with E-state index in [1.54, 1.807) is 0 Å². The Balaban J connectivity index is 1.71. The molecule has 2 amide bonds. The highest BCUT2D eigenvalue weighted by atomic mass is 32.3. The van der Waals surface area contributed by atoms with Gasteiger partial charge in [-0.15, -0.1) is 23.1 Å². The molecule has 3 rings (SSSR count). The van der Waals surface area contributed by atoms with Crippen LogP contribution < -0.4 is 15.8 Å². The van der Waals surface area contributed by atoms with Gasteiger partial charge in [0, 0.05) is 23.9 Å². The van der Waals surface area contributed by atoms with Crippen LogP contribution in [-0.4, -0.2) is 91.5 Å². The number of sulfone groups is 1. The van der Waals surface area contributed by atoms with Crippen molar-refractivity contribution in [1.82, 2.24) is 19.9 Å². The molecular weight excluding hydrogens is 577 g/mol. The van der Waals surface area contributed by atoms with Crippen LogP contribution in [0.4, 0.5) is 5.13 Å². The summed E-state index contributed by atoms with van der Waals surface area (Å²) >= 11 is 6.21. The second-order valence-electron chi connectivity index (χ2n) is 7.61. The zero-order valence-corrected chi connectivity index (χ0v) is 23.0. The number of thiol groups is 1. The van der Waals surface area contributed by atoms with E-state index in [1.807, 2.05) is 0 Å². The normalized spacial score (nSPS) is 20.6. The van der Waals surface area contributed by atoms with Crippen molar-refractivity contribution in [2.45, 2.75) is 17.8 Å². The van der Waals surface area contributed by atoms with E-state index in [0.29, 0.717) is 5.57 Å². The molecule has 2 aliphatic heterocycles. The Hall–Kier alpha value is -2.19. The van der Waals surface area contributed by atoms with Crippen molar-refractivity contribution in [3.05, 3.63) is 22.3 Å². The molecule has 2 aliphatic rings. The third-order valence-corrected chi connectivity index (χ3v) is 10.6. The average molecular weight is 599 g/mol. The number of rotatable bonds is 11. The Morgan fingerprint density at radius 1 is 1.36 bits per heavy atom. The number of hydrogen-bond acceptors (Lipinski definition) is 13. The zero-order chi connectivity index (χ0) is 26.8. The molecule has 3 heterocycles. The van der Waals surface area contributed by atoms with Gasteiger partial charge in [-0.3, -0.25) is 19.3 Å². The summed E-state index contributed by atoms with van der Waals surface area (Å²) < 4.78 is 48.5. The van der Waals surface area contributed by atoms with E-state index in [-0.39, 0.29) is 41.0 Å². The number of fused-ring (bicyclic) bond motifs is 1. The second-order valence-corrected chi connectivity index (χ2v) is 14.3. The predicted molar refractivity (Wildman–Crippen MR) is 137 cm³/mol. The standard InChI is InChI=1S/C17H22N6O8S5/c1-31-22-10(9-6-34-17(18)20-9)13(24)21-11-14(25)23-12(16(26)32)8(5-33-15(11)23)3-4-19-36(29,30)7-35(2,27)28/h6,11,15,19H,3-5,7H2,1-2H3,(H2,18,20)(H,21,24)(H,26,32)/b22-10-/t11?,15-/m1/s1. The number of anilines is 1. The molecule has 19 heteroatoms. The Morgan fingerprint density at radius 3 is 2.61 bits per heavy atom. The van der Waals surface area contributed by atoms with E-state index in [1.165, 1.54) is 29.2 Å². The third kappa shape index (κ3) is 6.57. The fourth-order valence-corrected chi connectivity index (χ4v) is 8.66. The van der Waals surface area contributed by atoms with Gasteiger partial charge in [-0.25, -0.2) is 26.5 Å². The number of nitrogen functional groups attached to an aromatic ring is 1. The number of thiazole rings is 1. The molecule has 198 valence electrons. The summed E-state index contributed by atoms with van der Waals surface area (Å²) in [5.41, 5.74) is 6.05. The number of carbonyl (C=O) groups is 3. The first-order valence-electron chi connectivity index (χ1n) is 9.92. The molecule has 1 aromatic rings. The molecule has 0 bridgehead atoms. The van der Waals surface area contributed by atoms with Gasteiger partial charge in [-0.05, 0) is 12.0 Å². The highest BCUT2D eigenvalue weighted by Gasteiger charge is 2.53. The van der Waals surface area contributed by atoms with Crippen LogP contribution in [0.15, 0.2) is 21.8 Å². The largest absolute Gasteiger partial charge is 0.398 e. The highest BCUT2D eigenvalue weighted by Crippen LogP contribution is 2.41. The fourth-order valence-electron chi connectivity index (χ4n) is 3.46. The van der Waals surface area contributed by atoms with E-state index in [2.05, 4.69) is 32.8 Å². The van der Waals surface area contributed by atoms with Gasteiger partial charge in [-0.2, -0.15) is 0 Å². The second kappa shape index (κ2) is 11.1. The average Bonchev–Trinajstić information content (AvgIpc) is 3.18. The van der Waals surface area contributed by atoms with Crippen molar-refractivity contribution in [1.29, 1.82) is 0 Å². The number of nitrogens with one attached hydrogen (secondary N) is 2.